The number of nitrogens with zero attached hydrogens (tertiary/aromatic N) is 4. The molecule has 0 spiro atoms. The number of anilines is 1. The highest BCUT2D eigenvalue weighted by Gasteiger charge is 2.31. The summed E-state index contributed by atoms with van der Waals surface area (Å²) in [4.78, 5) is 29.8. The lowest BCUT2D eigenvalue weighted by atomic mass is 10.0. The predicted molar refractivity (Wildman–Crippen MR) is 140 cm³/mol. The Labute approximate surface area is 221 Å². The molecule has 1 fully saturated rings. The number of carbonyl (C=O) groups excluding carboxylic acids is 2. The van der Waals surface area contributed by atoms with Gasteiger partial charge in [0.2, 0.25) is 10.0 Å². The quantitative estimate of drug-likeness (QED) is 0.567. The van der Waals surface area contributed by atoms with Crippen molar-refractivity contribution in [3.63, 3.8) is 0 Å². The summed E-state index contributed by atoms with van der Waals surface area (Å²) in [6.07, 6.45) is 1.40. The number of piperazine rings is 1. The summed E-state index contributed by atoms with van der Waals surface area (Å²) in [5.74, 6) is -0.396. The first-order chi connectivity index (χ1) is 17.8. The number of ether oxygens (including phenoxy) is 1. The van der Waals surface area contributed by atoms with E-state index in [2.05, 4.69) is 23.2 Å². The number of carbonyl (C=O) groups is 2. The Balaban J connectivity index is 1.42. The Morgan fingerprint density at radius 1 is 1.11 bits per heavy atom. The molecule has 0 atom stereocenters. The third-order valence-electron chi connectivity index (χ3n) is 6.53. The van der Waals surface area contributed by atoms with Gasteiger partial charge in [-0.25, -0.2) is 13.2 Å². The second kappa shape index (κ2) is 11.6. The smallest absolute Gasteiger partial charge is 0.409 e. The van der Waals surface area contributed by atoms with E-state index >= 15 is 0 Å². The Bertz CT molecular complexity index is 1290. The van der Waals surface area contributed by atoms with Gasteiger partial charge in [0, 0.05) is 49.7 Å². The van der Waals surface area contributed by atoms with Gasteiger partial charge in [-0.15, -0.1) is 11.3 Å². The molecule has 1 N–H and O–H groups in total. The van der Waals surface area contributed by atoms with Crippen molar-refractivity contribution in [1.82, 2.24) is 14.1 Å². The molecule has 2 amide bonds. The van der Waals surface area contributed by atoms with Crippen LogP contribution in [0.1, 0.15) is 46.6 Å². The van der Waals surface area contributed by atoms with Crippen LogP contribution in [0.4, 0.5) is 9.80 Å². The molecule has 0 aliphatic carbocycles. The summed E-state index contributed by atoms with van der Waals surface area (Å²) in [5.41, 5.74) is 1.83. The van der Waals surface area contributed by atoms with Crippen molar-refractivity contribution in [2.75, 3.05) is 51.2 Å². The maximum atomic E-state index is 13.1. The Kier molecular flexibility index (Phi) is 8.49. The first-order valence-electron chi connectivity index (χ1n) is 12.4. The molecule has 1 aromatic heterocycles. The lowest BCUT2D eigenvalue weighted by molar-refractivity contribution is 0.0933. The second-order valence-electron chi connectivity index (χ2n) is 8.91. The van der Waals surface area contributed by atoms with Crippen LogP contribution in [0.2, 0.25) is 0 Å². The van der Waals surface area contributed by atoms with Gasteiger partial charge in [-0.2, -0.15) is 9.57 Å². The highest BCUT2D eigenvalue weighted by atomic mass is 32.2. The minimum Gasteiger partial charge on any atom is -0.450 e. The van der Waals surface area contributed by atoms with Crippen molar-refractivity contribution in [2.45, 2.75) is 38.1 Å². The number of hydrogen-bond donors (Lipinski definition) is 1. The molecule has 1 aromatic carbocycles. The molecule has 0 saturated carbocycles. The Hall–Kier alpha value is -2.98. The van der Waals surface area contributed by atoms with Crippen LogP contribution in [0, 0.1) is 11.3 Å². The van der Waals surface area contributed by atoms with Gasteiger partial charge in [0.05, 0.1) is 17.1 Å². The molecule has 0 radical (unpaired) electrons. The van der Waals surface area contributed by atoms with Crippen LogP contribution in [0.5, 0.6) is 0 Å². The summed E-state index contributed by atoms with van der Waals surface area (Å²) in [7, 11) is -3.77. The fourth-order valence-corrected chi connectivity index (χ4v) is 7.26. The van der Waals surface area contributed by atoms with E-state index in [0.29, 0.717) is 16.1 Å². The average molecular weight is 546 g/mol. The molecular weight excluding hydrogens is 514 g/mol. The van der Waals surface area contributed by atoms with E-state index in [-0.39, 0.29) is 37.7 Å². The van der Waals surface area contributed by atoms with E-state index in [1.165, 1.54) is 44.8 Å². The van der Waals surface area contributed by atoms with Crippen LogP contribution < -0.4 is 5.32 Å². The molecule has 12 heteroatoms. The summed E-state index contributed by atoms with van der Waals surface area (Å²) < 4.78 is 32.5. The number of hydrogen-bond acceptors (Lipinski definition) is 8. The van der Waals surface area contributed by atoms with Crippen LogP contribution >= 0.6 is 11.3 Å². The zero-order valence-corrected chi connectivity index (χ0v) is 22.7. The lowest BCUT2D eigenvalue weighted by Crippen LogP contribution is -2.50. The van der Waals surface area contributed by atoms with Crippen molar-refractivity contribution >= 4 is 38.4 Å². The number of fused-ring (bicyclic) bond motifs is 1. The normalized spacial score (nSPS) is 16.6. The molecule has 1 saturated heterocycles. The first-order valence-corrected chi connectivity index (χ1v) is 14.6. The molecule has 10 nitrogen and oxygen atoms in total. The van der Waals surface area contributed by atoms with Crippen molar-refractivity contribution in [2.24, 2.45) is 0 Å². The van der Waals surface area contributed by atoms with Crippen LogP contribution in [0.3, 0.4) is 0 Å². The maximum Gasteiger partial charge on any atom is 0.409 e. The van der Waals surface area contributed by atoms with Crippen LogP contribution in [0.25, 0.3) is 0 Å². The van der Waals surface area contributed by atoms with Crippen LogP contribution in [-0.2, 0) is 27.7 Å². The van der Waals surface area contributed by atoms with Crippen molar-refractivity contribution in [3.8, 4) is 6.07 Å². The average Bonchev–Trinajstić information content (AvgIpc) is 3.25. The van der Waals surface area contributed by atoms with E-state index in [4.69, 9.17) is 4.74 Å². The number of sulfonamides is 1. The molecular formula is C25H31N5O5S2. The Morgan fingerprint density at radius 2 is 1.81 bits per heavy atom. The molecule has 4 rings (SSSR count). The first kappa shape index (κ1) is 27.1. The predicted octanol–water partition coefficient (Wildman–Crippen LogP) is 3.10. The third kappa shape index (κ3) is 5.80. The Morgan fingerprint density at radius 3 is 2.43 bits per heavy atom. The van der Waals surface area contributed by atoms with Gasteiger partial charge in [0.15, 0.2) is 0 Å². The monoisotopic (exact) mass is 545 g/mol. The number of nitriles is 1. The van der Waals surface area contributed by atoms with E-state index in [1.54, 1.807) is 6.92 Å². The number of rotatable bonds is 7. The maximum absolute atomic E-state index is 13.1. The largest absolute Gasteiger partial charge is 0.450 e. The van der Waals surface area contributed by atoms with Gasteiger partial charge in [0.25, 0.3) is 5.91 Å². The summed E-state index contributed by atoms with van der Waals surface area (Å²) in [6.45, 7) is 7.63. The summed E-state index contributed by atoms with van der Waals surface area (Å²) >= 11 is 1.43. The summed E-state index contributed by atoms with van der Waals surface area (Å²) in [5, 5.41) is 13.1. The van der Waals surface area contributed by atoms with Gasteiger partial charge in [0.1, 0.15) is 11.1 Å². The molecule has 3 heterocycles. The van der Waals surface area contributed by atoms with Crippen molar-refractivity contribution in [3.05, 3.63) is 45.8 Å². The van der Waals surface area contributed by atoms with Gasteiger partial charge in [-0.05, 0) is 56.1 Å². The van der Waals surface area contributed by atoms with E-state index < -0.39 is 22.0 Å². The standard InChI is InChI=1S/C25H31N5O5S2/c1-3-10-28-11-9-20-21(16-26)24(36-22(20)17-28)27-23(31)18-5-7-19(8-6-18)37(33,34)30-14-12-29(13-15-30)25(32)35-4-2/h5-8H,3-4,9-15,17H2,1-2H3,(H,27,31). The van der Waals surface area contributed by atoms with E-state index in [1.807, 2.05) is 0 Å². The summed E-state index contributed by atoms with van der Waals surface area (Å²) in [6, 6.07) is 8.02. The topological polar surface area (TPSA) is 123 Å². The van der Waals surface area contributed by atoms with E-state index in [0.717, 1.165) is 42.9 Å². The third-order valence-corrected chi connectivity index (χ3v) is 9.58. The zero-order chi connectivity index (χ0) is 26.6. The second-order valence-corrected chi connectivity index (χ2v) is 12.0. The highest BCUT2D eigenvalue weighted by molar-refractivity contribution is 7.89. The van der Waals surface area contributed by atoms with Crippen molar-refractivity contribution < 1.29 is 22.7 Å². The fourth-order valence-electron chi connectivity index (χ4n) is 4.60. The van der Waals surface area contributed by atoms with E-state index in [9.17, 15) is 23.3 Å². The zero-order valence-electron chi connectivity index (χ0n) is 21.0. The molecule has 0 bridgehead atoms. The number of amides is 2. The molecule has 0 unspecified atom stereocenters. The lowest BCUT2D eigenvalue weighted by Gasteiger charge is -2.33. The molecule has 198 valence electrons. The number of benzene rings is 1. The molecule has 2 aliphatic heterocycles. The molecule has 2 aliphatic rings. The minimum absolute atomic E-state index is 0.0777. The number of thiophene rings is 1. The van der Waals surface area contributed by atoms with Crippen LogP contribution in [-0.4, -0.2) is 80.4 Å². The van der Waals surface area contributed by atoms with Crippen LogP contribution in [0.15, 0.2) is 29.2 Å². The number of nitrogens with one attached hydrogen (secondary N) is 1. The van der Waals surface area contributed by atoms with Gasteiger partial charge in [-0.1, -0.05) is 6.92 Å². The molecule has 2 aromatic rings. The van der Waals surface area contributed by atoms with Gasteiger partial charge in [-0.3, -0.25) is 9.69 Å². The highest BCUT2D eigenvalue weighted by Crippen LogP contribution is 2.37. The van der Waals surface area contributed by atoms with Gasteiger partial charge >= 0.3 is 6.09 Å². The fraction of sp³-hybridized carbons (Fsp3) is 0.480. The SMILES string of the molecule is CCCN1CCc2c(sc(NC(=O)c3ccc(S(=O)(=O)N4CCN(C(=O)OCC)CC4)cc3)c2C#N)C1. The van der Waals surface area contributed by atoms with Gasteiger partial charge < -0.3 is 15.0 Å². The molecule has 37 heavy (non-hydrogen) atoms. The minimum atomic E-state index is -3.77. The van der Waals surface area contributed by atoms with Crippen molar-refractivity contribution in [1.29, 1.82) is 5.26 Å².